The van der Waals surface area contributed by atoms with E-state index in [1.54, 1.807) is 11.3 Å². The number of amides is 1. The maximum absolute atomic E-state index is 11.9. The van der Waals surface area contributed by atoms with E-state index in [1.807, 2.05) is 23.7 Å². The van der Waals surface area contributed by atoms with Crippen molar-refractivity contribution < 1.29 is 4.79 Å². The molecule has 0 radical (unpaired) electrons. The van der Waals surface area contributed by atoms with Gasteiger partial charge in [-0.3, -0.25) is 4.79 Å². The molecule has 1 saturated heterocycles. The predicted molar refractivity (Wildman–Crippen MR) is 69.2 cm³/mol. The number of carbonyl (C=O) groups excluding carboxylic acids is 1. The number of nitrogens with zero attached hydrogens (tertiary/aromatic N) is 1. The number of rotatable bonds is 2. The summed E-state index contributed by atoms with van der Waals surface area (Å²) < 4.78 is 1.14. The van der Waals surface area contributed by atoms with Gasteiger partial charge in [-0.25, -0.2) is 4.98 Å². The summed E-state index contributed by atoms with van der Waals surface area (Å²) in [6.45, 7) is 1.72. The van der Waals surface area contributed by atoms with Crippen LogP contribution in [0, 0.1) is 5.92 Å². The van der Waals surface area contributed by atoms with E-state index >= 15 is 0 Å². The lowest BCUT2D eigenvalue weighted by Gasteiger charge is -2.09. The van der Waals surface area contributed by atoms with Crippen LogP contribution in [-0.2, 0) is 4.79 Å². The Morgan fingerprint density at radius 3 is 3.29 bits per heavy atom. The summed E-state index contributed by atoms with van der Waals surface area (Å²) in [5, 5.41) is 6.14. The Morgan fingerprint density at radius 2 is 2.47 bits per heavy atom. The van der Waals surface area contributed by atoms with Crippen LogP contribution in [0.15, 0.2) is 23.7 Å². The molecule has 1 unspecified atom stereocenters. The highest BCUT2D eigenvalue weighted by Gasteiger charge is 2.22. The Balaban J connectivity index is 1.77. The molecular formula is C12H13N3OS. The molecule has 88 valence electrons. The van der Waals surface area contributed by atoms with E-state index in [0.29, 0.717) is 0 Å². The number of benzene rings is 1. The van der Waals surface area contributed by atoms with Gasteiger partial charge in [0.05, 0.1) is 21.6 Å². The van der Waals surface area contributed by atoms with Gasteiger partial charge in [-0.2, -0.15) is 0 Å². The van der Waals surface area contributed by atoms with Crippen molar-refractivity contribution in [3.8, 4) is 0 Å². The first-order valence-electron chi connectivity index (χ1n) is 5.68. The molecular weight excluding hydrogens is 234 g/mol. The van der Waals surface area contributed by atoms with E-state index in [0.717, 1.165) is 35.4 Å². The number of carbonyl (C=O) groups is 1. The van der Waals surface area contributed by atoms with E-state index < -0.39 is 0 Å². The normalized spacial score (nSPS) is 19.6. The largest absolute Gasteiger partial charge is 0.326 e. The summed E-state index contributed by atoms with van der Waals surface area (Å²) >= 11 is 1.61. The van der Waals surface area contributed by atoms with Crippen molar-refractivity contribution >= 4 is 33.1 Å². The molecule has 1 aliphatic rings. The van der Waals surface area contributed by atoms with Crippen LogP contribution in [0.5, 0.6) is 0 Å². The SMILES string of the molecule is O=C(Nc1ccc2scnc2c1)C1CCNC1. The Bertz CT molecular complexity index is 545. The van der Waals surface area contributed by atoms with Crippen molar-refractivity contribution in [2.45, 2.75) is 6.42 Å². The number of hydrogen-bond donors (Lipinski definition) is 2. The number of fused-ring (bicyclic) bond motifs is 1. The molecule has 2 heterocycles. The quantitative estimate of drug-likeness (QED) is 0.851. The Hall–Kier alpha value is -1.46. The maximum Gasteiger partial charge on any atom is 0.228 e. The summed E-state index contributed by atoms with van der Waals surface area (Å²) in [5.41, 5.74) is 3.59. The molecule has 4 nitrogen and oxygen atoms in total. The van der Waals surface area contributed by atoms with E-state index in [4.69, 9.17) is 0 Å². The highest BCUT2D eigenvalue weighted by atomic mass is 32.1. The monoisotopic (exact) mass is 247 g/mol. The van der Waals surface area contributed by atoms with Gasteiger partial charge in [0.2, 0.25) is 5.91 Å². The van der Waals surface area contributed by atoms with Crippen LogP contribution in [0.3, 0.4) is 0 Å². The maximum atomic E-state index is 11.9. The zero-order valence-corrected chi connectivity index (χ0v) is 10.1. The van der Waals surface area contributed by atoms with Crippen molar-refractivity contribution in [3.63, 3.8) is 0 Å². The fourth-order valence-corrected chi connectivity index (χ4v) is 2.72. The highest BCUT2D eigenvalue weighted by Crippen LogP contribution is 2.22. The van der Waals surface area contributed by atoms with Crippen LogP contribution in [0.4, 0.5) is 5.69 Å². The summed E-state index contributed by atoms with van der Waals surface area (Å²) in [7, 11) is 0. The Kier molecular flexibility index (Phi) is 2.78. The third kappa shape index (κ3) is 2.16. The van der Waals surface area contributed by atoms with Gasteiger partial charge >= 0.3 is 0 Å². The van der Waals surface area contributed by atoms with Gasteiger partial charge in [0.25, 0.3) is 0 Å². The lowest BCUT2D eigenvalue weighted by Crippen LogP contribution is -2.24. The standard InChI is InChI=1S/C12H13N3OS/c16-12(8-3-4-13-6-8)15-9-1-2-11-10(5-9)14-7-17-11/h1-2,5,7-8,13H,3-4,6H2,(H,15,16). The van der Waals surface area contributed by atoms with Gasteiger partial charge in [-0.05, 0) is 31.2 Å². The predicted octanol–water partition coefficient (Wildman–Crippen LogP) is 1.84. The first kappa shape index (κ1) is 10.7. The molecule has 1 fully saturated rings. The van der Waals surface area contributed by atoms with Crippen molar-refractivity contribution in [2.75, 3.05) is 18.4 Å². The van der Waals surface area contributed by atoms with Gasteiger partial charge in [0.15, 0.2) is 0 Å². The van der Waals surface area contributed by atoms with Crippen LogP contribution in [-0.4, -0.2) is 24.0 Å². The highest BCUT2D eigenvalue weighted by molar-refractivity contribution is 7.16. The zero-order chi connectivity index (χ0) is 11.7. The van der Waals surface area contributed by atoms with E-state index in [9.17, 15) is 4.79 Å². The minimum Gasteiger partial charge on any atom is -0.326 e. The number of hydrogen-bond acceptors (Lipinski definition) is 4. The average molecular weight is 247 g/mol. The molecule has 1 aliphatic heterocycles. The smallest absolute Gasteiger partial charge is 0.228 e. The summed E-state index contributed by atoms with van der Waals surface area (Å²) in [5.74, 6) is 0.200. The van der Waals surface area contributed by atoms with Gasteiger partial charge in [0, 0.05) is 12.2 Å². The lowest BCUT2D eigenvalue weighted by atomic mass is 10.1. The van der Waals surface area contributed by atoms with Gasteiger partial charge < -0.3 is 10.6 Å². The summed E-state index contributed by atoms with van der Waals surface area (Å²) in [6.07, 6.45) is 0.921. The van der Waals surface area contributed by atoms with Crippen LogP contribution < -0.4 is 10.6 Å². The second kappa shape index (κ2) is 4.43. The third-order valence-electron chi connectivity index (χ3n) is 3.03. The second-order valence-electron chi connectivity index (χ2n) is 4.21. The van der Waals surface area contributed by atoms with Crippen molar-refractivity contribution in [1.29, 1.82) is 0 Å². The molecule has 3 rings (SSSR count). The van der Waals surface area contributed by atoms with Gasteiger partial charge in [-0.15, -0.1) is 11.3 Å². The van der Waals surface area contributed by atoms with Crippen LogP contribution in [0.25, 0.3) is 10.2 Å². The molecule has 1 atom stereocenters. The van der Waals surface area contributed by atoms with Gasteiger partial charge in [0.1, 0.15) is 0 Å². The summed E-state index contributed by atoms with van der Waals surface area (Å²) in [6, 6.07) is 5.85. The topological polar surface area (TPSA) is 54.0 Å². The summed E-state index contributed by atoms with van der Waals surface area (Å²) in [4.78, 5) is 16.2. The van der Waals surface area contributed by atoms with E-state index in [2.05, 4.69) is 15.6 Å². The molecule has 1 aromatic carbocycles. The van der Waals surface area contributed by atoms with Gasteiger partial charge in [-0.1, -0.05) is 0 Å². The van der Waals surface area contributed by atoms with Crippen molar-refractivity contribution in [1.82, 2.24) is 10.3 Å². The van der Waals surface area contributed by atoms with E-state index in [1.165, 1.54) is 0 Å². The number of thiazole rings is 1. The Labute approximate surface area is 103 Å². The molecule has 1 amide bonds. The number of anilines is 1. The number of nitrogens with one attached hydrogen (secondary N) is 2. The zero-order valence-electron chi connectivity index (χ0n) is 9.27. The first-order valence-corrected chi connectivity index (χ1v) is 6.56. The molecule has 2 aromatic rings. The fourth-order valence-electron chi connectivity index (χ4n) is 2.06. The molecule has 0 spiro atoms. The number of aromatic nitrogens is 1. The van der Waals surface area contributed by atoms with Crippen LogP contribution in [0.2, 0.25) is 0 Å². The molecule has 0 aliphatic carbocycles. The minimum atomic E-state index is 0.0983. The lowest BCUT2D eigenvalue weighted by molar-refractivity contribution is -0.119. The van der Waals surface area contributed by atoms with Crippen molar-refractivity contribution in [2.24, 2.45) is 5.92 Å². The molecule has 2 N–H and O–H groups in total. The van der Waals surface area contributed by atoms with Crippen molar-refractivity contribution in [3.05, 3.63) is 23.7 Å². The molecule has 0 saturated carbocycles. The van der Waals surface area contributed by atoms with E-state index in [-0.39, 0.29) is 11.8 Å². The fraction of sp³-hybridized carbons (Fsp3) is 0.333. The third-order valence-corrected chi connectivity index (χ3v) is 3.84. The Morgan fingerprint density at radius 1 is 1.53 bits per heavy atom. The second-order valence-corrected chi connectivity index (χ2v) is 5.10. The molecule has 5 heteroatoms. The van der Waals surface area contributed by atoms with Crippen LogP contribution >= 0.6 is 11.3 Å². The molecule has 0 bridgehead atoms. The molecule has 17 heavy (non-hydrogen) atoms. The minimum absolute atomic E-state index is 0.0983. The molecule has 1 aromatic heterocycles. The van der Waals surface area contributed by atoms with Crippen LogP contribution in [0.1, 0.15) is 6.42 Å². The average Bonchev–Trinajstić information content (AvgIpc) is 2.99. The first-order chi connectivity index (χ1) is 8.33.